The molecular formula is C30H31F4N5O4S. The van der Waals surface area contributed by atoms with Crippen LogP contribution in [0.1, 0.15) is 54.5 Å². The maximum Gasteiger partial charge on any atom is 0.433 e. The molecule has 1 fully saturated rings. The molecule has 2 N–H and O–H groups in total. The Morgan fingerprint density at radius 2 is 1.80 bits per heavy atom. The number of amides is 1. The van der Waals surface area contributed by atoms with Gasteiger partial charge in [0, 0.05) is 44.5 Å². The number of carbonyl (C=O) groups is 1. The van der Waals surface area contributed by atoms with Gasteiger partial charge in [-0.2, -0.15) is 13.2 Å². The number of nitrogens with zero attached hydrogens (tertiary/aromatic N) is 3. The number of pyridine rings is 1. The Bertz CT molecular complexity index is 1670. The average molecular weight is 634 g/mol. The van der Waals surface area contributed by atoms with E-state index >= 15 is 0 Å². The topological polar surface area (TPSA) is 113 Å². The van der Waals surface area contributed by atoms with Gasteiger partial charge in [-0.1, -0.05) is 47.6 Å². The number of hydrogen-bond donors (Lipinski definition) is 2. The second kappa shape index (κ2) is 12.1. The van der Waals surface area contributed by atoms with Crippen molar-refractivity contribution in [3.8, 4) is 0 Å². The fourth-order valence-electron chi connectivity index (χ4n) is 5.32. The van der Waals surface area contributed by atoms with Crippen LogP contribution in [-0.2, 0) is 32.4 Å². The highest BCUT2D eigenvalue weighted by atomic mass is 32.2. The van der Waals surface area contributed by atoms with Crippen LogP contribution in [0, 0.1) is 5.82 Å². The van der Waals surface area contributed by atoms with Gasteiger partial charge in [0.15, 0.2) is 0 Å². The zero-order valence-corrected chi connectivity index (χ0v) is 24.8. The Morgan fingerprint density at radius 1 is 1.09 bits per heavy atom. The molecule has 2 aliphatic rings. The SMILES string of the molecule is CC(C(=O)NCc1ccc(C(F)(F)F)nc1N1CCC2(CC1)CC(c1ccccc1)=NO2)c1ccc(NS(C)(=O)=O)c(F)c1. The first-order valence-corrected chi connectivity index (χ1v) is 15.8. The van der Waals surface area contributed by atoms with Gasteiger partial charge >= 0.3 is 6.18 Å². The zero-order chi connectivity index (χ0) is 31.7. The molecule has 14 heteroatoms. The number of alkyl halides is 3. The van der Waals surface area contributed by atoms with Crippen molar-refractivity contribution >= 4 is 33.1 Å². The number of oxime groups is 1. The molecule has 5 rings (SSSR count). The standard InChI is InChI=1S/C30H31F4N5O4S/c1-19(21-8-10-24(23(31)16-21)38-44(2,41)42)28(40)35-18-22-9-11-26(30(32,33)34)36-27(22)39-14-12-29(13-15-39)17-25(37-43-29)20-6-4-3-5-7-20/h3-11,16,19,38H,12-15,17-18H2,1-2H3,(H,35,40). The van der Waals surface area contributed by atoms with Crippen LogP contribution in [-0.4, -0.2) is 50.0 Å². The second-order valence-electron chi connectivity index (χ2n) is 11.1. The summed E-state index contributed by atoms with van der Waals surface area (Å²) in [5.74, 6) is -2.07. The van der Waals surface area contributed by atoms with Crippen LogP contribution in [0.5, 0.6) is 0 Å². The number of hydrogen-bond acceptors (Lipinski definition) is 7. The van der Waals surface area contributed by atoms with Crippen molar-refractivity contribution in [2.75, 3.05) is 29.0 Å². The summed E-state index contributed by atoms with van der Waals surface area (Å²) in [6.07, 6.45) is -2.14. The fourth-order valence-corrected chi connectivity index (χ4v) is 5.88. The maximum absolute atomic E-state index is 14.5. The number of anilines is 2. The highest BCUT2D eigenvalue weighted by Crippen LogP contribution is 2.38. The van der Waals surface area contributed by atoms with Crippen molar-refractivity contribution in [2.24, 2.45) is 5.16 Å². The quantitative estimate of drug-likeness (QED) is 0.330. The summed E-state index contributed by atoms with van der Waals surface area (Å²) in [7, 11) is -3.70. The van der Waals surface area contributed by atoms with Crippen molar-refractivity contribution in [3.63, 3.8) is 0 Å². The molecule has 1 spiro atoms. The lowest BCUT2D eigenvalue weighted by Gasteiger charge is -2.38. The van der Waals surface area contributed by atoms with Gasteiger partial charge < -0.3 is 15.1 Å². The molecule has 2 aliphatic heterocycles. The van der Waals surface area contributed by atoms with Crippen LogP contribution >= 0.6 is 0 Å². The molecule has 3 aromatic rings. The van der Waals surface area contributed by atoms with Gasteiger partial charge in [0.2, 0.25) is 15.9 Å². The first-order chi connectivity index (χ1) is 20.7. The lowest BCUT2D eigenvalue weighted by molar-refractivity contribution is -0.141. The summed E-state index contributed by atoms with van der Waals surface area (Å²) in [5.41, 5.74) is 0.633. The lowest BCUT2D eigenvalue weighted by atomic mass is 9.85. The van der Waals surface area contributed by atoms with E-state index in [1.54, 1.807) is 4.90 Å². The van der Waals surface area contributed by atoms with Crippen LogP contribution in [0.3, 0.4) is 0 Å². The summed E-state index contributed by atoms with van der Waals surface area (Å²) in [5, 5.41) is 7.01. The van der Waals surface area contributed by atoms with E-state index in [0.717, 1.165) is 29.7 Å². The van der Waals surface area contributed by atoms with E-state index in [1.807, 2.05) is 30.3 Å². The number of piperidine rings is 1. The minimum absolute atomic E-state index is 0.112. The Balaban J connectivity index is 1.27. The van der Waals surface area contributed by atoms with E-state index in [9.17, 15) is 30.8 Å². The van der Waals surface area contributed by atoms with Gasteiger partial charge in [-0.15, -0.1) is 0 Å². The third-order valence-corrected chi connectivity index (χ3v) is 8.39. The lowest BCUT2D eigenvalue weighted by Crippen LogP contribution is -2.45. The van der Waals surface area contributed by atoms with Gasteiger partial charge in [0.25, 0.3) is 0 Å². The number of rotatable bonds is 8. The van der Waals surface area contributed by atoms with E-state index < -0.39 is 45.1 Å². The molecule has 2 aromatic carbocycles. The van der Waals surface area contributed by atoms with Crippen LogP contribution in [0.4, 0.5) is 29.1 Å². The number of halogens is 4. The summed E-state index contributed by atoms with van der Waals surface area (Å²) < 4.78 is 80.2. The van der Waals surface area contributed by atoms with Crippen molar-refractivity contribution in [2.45, 2.75) is 50.4 Å². The second-order valence-corrected chi connectivity index (χ2v) is 12.8. The summed E-state index contributed by atoms with van der Waals surface area (Å²) in [4.78, 5) is 24.6. The third kappa shape index (κ3) is 7.12. The zero-order valence-electron chi connectivity index (χ0n) is 24.0. The van der Waals surface area contributed by atoms with Crippen molar-refractivity contribution in [1.82, 2.24) is 10.3 Å². The average Bonchev–Trinajstić information content (AvgIpc) is 3.39. The van der Waals surface area contributed by atoms with Crippen molar-refractivity contribution < 1.29 is 35.6 Å². The minimum atomic E-state index is -4.66. The smallest absolute Gasteiger partial charge is 0.388 e. The fraction of sp³-hybridized carbons (Fsp3) is 0.367. The molecule has 0 aliphatic carbocycles. The van der Waals surface area contributed by atoms with Crippen LogP contribution in [0.15, 0.2) is 65.8 Å². The molecule has 1 saturated heterocycles. The van der Waals surface area contributed by atoms with Crippen molar-refractivity contribution in [3.05, 3.63) is 88.9 Å². The predicted molar refractivity (Wildman–Crippen MR) is 157 cm³/mol. The summed E-state index contributed by atoms with van der Waals surface area (Å²) >= 11 is 0. The van der Waals surface area contributed by atoms with Gasteiger partial charge in [-0.05, 0) is 36.2 Å². The number of benzene rings is 2. The van der Waals surface area contributed by atoms with E-state index in [-0.39, 0.29) is 18.1 Å². The van der Waals surface area contributed by atoms with Crippen molar-refractivity contribution in [1.29, 1.82) is 0 Å². The Labute approximate surface area is 252 Å². The molecule has 44 heavy (non-hydrogen) atoms. The molecule has 1 amide bonds. The molecule has 0 saturated carbocycles. The molecule has 234 valence electrons. The van der Waals surface area contributed by atoms with E-state index in [0.29, 0.717) is 43.5 Å². The predicted octanol–water partition coefficient (Wildman–Crippen LogP) is 5.19. The highest BCUT2D eigenvalue weighted by Gasteiger charge is 2.43. The highest BCUT2D eigenvalue weighted by molar-refractivity contribution is 7.92. The first-order valence-electron chi connectivity index (χ1n) is 13.9. The molecule has 0 radical (unpaired) electrons. The number of aromatic nitrogens is 1. The Kier molecular flexibility index (Phi) is 8.56. The number of sulfonamides is 1. The van der Waals surface area contributed by atoms with Gasteiger partial charge in [0.1, 0.15) is 22.9 Å². The van der Waals surface area contributed by atoms with E-state index in [4.69, 9.17) is 4.84 Å². The number of nitrogens with one attached hydrogen (secondary N) is 2. The molecule has 1 atom stereocenters. The largest absolute Gasteiger partial charge is 0.433 e. The van der Waals surface area contributed by atoms with Gasteiger partial charge in [-0.3, -0.25) is 9.52 Å². The molecule has 1 aromatic heterocycles. The molecular weight excluding hydrogens is 602 g/mol. The monoisotopic (exact) mass is 633 g/mol. The number of carbonyl (C=O) groups excluding carboxylic acids is 1. The van der Waals surface area contributed by atoms with Crippen LogP contribution in [0.25, 0.3) is 0 Å². The normalized spacial score (nSPS) is 17.1. The van der Waals surface area contributed by atoms with Gasteiger partial charge in [0.05, 0.1) is 23.6 Å². The Morgan fingerprint density at radius 3 is 2.43 bits per heavy atom. The molecule has 9 nitrogen and oxygen atoms in total. The molecule has 3 heterocycles. The first kappa shape index (κ1) is 31.2. The summed E-state index contributed by atoms with van der Waals surface area (Å²) in [6.45, 7) is 2.17. The molecule has 1 unspecified atom stereocenters. The third-order valence-electron chi connectivity index (χ3n) is 7.80. The van der Waals surface area contributed by atoms with Crippen LogP contribution < -0.4 is 14.9 Å². The summed E-state index contributed by atoms with van der Waals surface area (Å²) in [6, 6.07) is 15.5. The minimum Gasteiger partial charge on any atom is -0.388 e. The van der Waals surface area contributed by atoms with E-state index in [1.165, 1.54) is 25.1 Å². The van der Waals surface area contributed by atoms with Gasteiger partial charge in [-0.25, -0.2) is 17.8 Å². The maximum atomic E-state index is 14.5. The molecule has 0 bridgehead atoms. The van der Waals surface area contributed by atoms with E-state index in [2.05, 4.69) is 20.2 Å². The van der Waals surface area contributed by atoms with Crippen LogP contribution in [0.2, 0.25) is 0 Å². The Hall–Kier alpha value is -4.20.